The predicted octanol–water partition coefficient (Wildman–Crippen LogP) is 3.21. The van der Waals surface area contributed by atoms with Crippen LogP contribution in [0.2, 0.25) is 0 Å². The minimum atomic E-state index is -4.95. The highest BCUT2D eigenvalue weighted by molar-refractivity contribution is 5.97. The van der Waals surface area contributed by atoms with E-state index in [1.54, 1.807) is 6.07 Å². The molecule has 0 bridgehead atoms. The topological polar surface area (TPSA) is 38.3 Å². The van der Waals surface area contributed by atoms with E-state index in [2.05, 4.69) is 10.1 Å². The lowest BCUT2D eigenvalue weighted by Gasteiger charge is -2.38. The van der Waals surface area contributed by atoms with Crippen molar-refractivity contribution in [2.75, 3.05) is 11.9 Å². The first-order valence-electron chi connectivity index (χ1n) is 6.09. The van der Waals surface area contributed by atoms with Crippen molar-refractivity contribution < 1.29 is 22.7 Å². The quantitative estimate of drug-likeness (QED) is 0.797. The normalized spacial score (nSPS) is 19.5. The molecule has 0 unspecified atom stereocenters. The molecule has 6 heteroatoms. The number of hydrogen-bond donors (Lipinski definition) is 1. The summed E-state index contributed by atoms with van der Waals surface area (Å²) in [6.45, 7) is 0.679. The predicted molar refractivity (Wildman–Crippen MR) is 61.9 cm³/mol. The summed E-state index contributed by atoms with van der Waals surface area (Å²) in [5.41, 5.74) is 1.40. The zero-order chi connectivity index (χ0) is 13.7. The Kier molecular flexibility index (Phi) is 2.52. The van der Waals surface area contributed by atoms with Crippen molar-refractivity contribution in [1.29, 1.82) is 0 Å². The van der Waals surface area contributed by atoms with Gasteiger partial charge in [-0.1, -0.05) is 18.6 Å². The molecule has 0 saturated heterocycles. The van der Waals surface area contributed by atoms with Crippen molar-refractivity contribution in [3.05, 3.63) is 29.3 Å². The summed E-state index contributed by atoms with van der Waals surface area (Å²) in [6.07, 6.45) is -1.83. The van der Waals surface area contributed by atoms with Crippen LogP contribution in [0.1, 0.15) is 35.2 Å². The van der Waals surface area contributed by atoms with Crippen molar-refractivity contribution in [3.63, 3.8) is 0 Å². The molecule has 0 atom stereocenters. The van der Waals surface area contributed by atoms with Crippen LogP contribution in [0.4, 0.5) is 18.9 Å². The highest BCUT2D eigenvalue weighted by atomic mass is 19.4. The maximum Gasteiger partial charge on any atom is 0.575 e. The van der Waals surface area contributed by atoms with E-state index in [4.69, 9.17) is 0 Å². The second kappa shape index (κ2) is 3.88. The van der Waals surface area contributed by atoms with Gasteiger partial charge in [-0.15, -0.1) is 13.2 Å². The van der Waals surface area contributed by atoms with Crippen LogP contribution in [0.15, 0.2) is 18.2 Å². The molecular weight excluding hydrogens is 259 g/mol. The Bertz CT molecular complexity index is 535. The van der Waals surface area contributed by atoms with E-state index in [1.807, 2.05) is 6.07 Å². The largest absolute Gasteiger partial charge is 0.575 e. The van der Waals surface area contributed by atoms with Gasteiger partial charge < -0.3 is 10.1 Å². The number of ether oxygens (including phenoxy) is 1. The van der Waals surface area contributed by atoms with Crippen LogP contribution in [-0.4, -0.2) is 18.9 Å². The van der Waals surface area contributed by atoms with Crippen molar-refractivity contribution in [2.24, 2.45) is 0 Å². The van der Waals surface area contributed by atoms with Gasteiger partial charge in [-0.2, -0.15) is 0 Å². The van der Waals surface area contributed by atoms with Gasteiger partial charge in [-0.25, -0.2) is 4.79 Å². The first kappa shape index (κ1) is 12.3. The maximum atomic E-state index is 12.1. The van der Waals surface area contributed by atoms with Gasteiger partial charge in [0.1, 0.15) is 0 Å². The van der Waals surface area contributed by atoms with Crippen molar-refractivity contribution in [1.82, 2.24) is 0 Å². The molecule has 3 nitrogen and oxygen atoms in total. The third-order valence-electron chi connectivity index (χ3n) is 3.98. The van der Waals surface area contributed by atoms with Gasteiger partial charge in [0.05, 0.1) is 11.3 Å². The molecule has 1 saturated carbocycles. The van der Waals surface area contributed by atoms with Gasteiger partial charge in [0.2, 0.25) is 0 Å². The fourth-order valence-electron chi connectivity index (χ4n) is 2.92. The van der Waals surface area contributed by atoms with E-state index < -0.39 is 12.3 Å². The number of alkyl halides is 3. The summed E-state index contributed by atoms with van der Waals surface area (Å²) < 4.78 is 39.8. The van der Waals surface area contributed by atoms with E-state index >= 15 is 0 Å². The number of anilines is 1. The van der Waals surface area contributed by atoms with Gasteiger partial charge in [-0.3, -0.25) is 0 Å². The molecule has 0 aromatic heterocycles. The molecule has 2 aliphatic rings. The third-order valence-corrected chi connectivity index (χ3v) is 3.98. The molecule has 1 heterocycles. The highest BCUT2D eigenvalue weighted by Gasteiger charge is 2.45. The van der Waals surface area contributed by atoms with Crippen LogP contribution < -0.4 is 5.32 Å². The summed E-state index contributed by atoms with van der Waals surface area (Å²) >= 11 is 0. The molecule has 1 aliphatic heterocycles. The Morgan fingerprint density at radius 3 is 2.63 bits per heavy atom. The summed E-state index contributed by atoms with van der Waals surface area (Å²) in [5, 5.41) is 3.06. The van der Waals surface area contributed by atoms with Crippen LogP contribution >= 0.6 is 0 Å². The Morgan fingerprint density at radius 1 is 1.32 bits per heavy atom. The molecular formula is C13H12F3NO2. The molecule has 0 amide bonds. The highest BCUT2D eigenvalue weighted by Crippen LogP contribution is 2.51. The number of rotatable bonds is 1. The number of fused-ring (bicyclic) bond motifs is 2. The summed E-state index contributed by atoms with van der Waals surface area (Å²) in [4.78, 5) is 11.6. The van der Waals surface area contributed by atoms with E-state index in [9.17, 15) is 18.0 Å². The minimum Gasteiger partial charge on any atom is -0.383 e. The summed E-state index contributed by atoms with van der Waals surface area (Å²) in [5.74, 6) is -1.35. The molecule has 0 radical (unpaired) electrons. The number of carbonyl (C=O) groups excluding carboxylic acids is 1. The Balaban J connectivity index is 1.95. The zero-order valence-electron chi connectivity index (χ0n) is 10.0. The van der Waals surface area contributed by atoms with Crippen molar-refractivity contribution >= 4 is 11.7 Å². The van der Waals surface area contributed by atoms with Crippen molar-refractivity contribution in [2.45, 2.75) is 31.0 Å². The molecule has 3 rings (SSSR count). The molecule has 19 heavy (non-hydrogen) atoms. The number of para-hydroxylation sites is 1. The van der Waals surface area contributed by atoms with Gasteiger partial charge in [0.15, 0.2) is 0 Å². The molecule has 1 aromatic rings. The second-order valence-corrected chi connectivity index (χ2v) is 5.05. The SMILES string of the molecule is O=C(OC(F)(F)F)c1cccc2c1NCC21CCC1. The lowest BCUT2D eigenvalue weighted by atomic mass is 9.65. The number of esters is 1. The first-order chi connectivity index (χ1) is 8.91. The van der Waals surface area contributed by atoms with Crippen LogP contribution in [0.3, 0.4) is 0 Å². The number of carbonyl (C=O) groups is 1. The number of nitrogens with one attached hydrogen (secondary N) is 1. The van der Waals surface area contributed by atoms with Gasteiger partial charge >= 0.3 is 12.3 Å². The van der Waals surface area contributed by atoms with Gasteiger partial charge in [0, 0.05) is 12.0 Å². The summed E-state index contributed by atoms with van der Waals surface area (Å²) in [6, 6.07) is 4.84. The number of hydrogen-bond acceptors (Lipinski definition) is 3. The lowest BCUT2D eigenvalue weighted by Crippen LogP contribution is -2.35. The molecule has 1 aromatic carbocycles. The molecule has 1 fully saturated rings. The molecule has 102 valence electrons. The lowest BCUT2D eigenvalue weighted by molar-refractivity contribution is -0.291. The van der Waals surface area contributed by atoms with E-state index in [0.717, 1.165) is 24.8 Å². The zero-order valence-corrected chi connectivity index (χ0v) is 10.0. The molecule has 1 aliphatic carbocycles. The molecule has 1 spiro atoms. The fourth-order valence-corrected chi connectivity index (χ4v) is 2.92. The van der Waals surface area contributed by atoms with Gasteiger partial charge in [-0.05, 0) is 24.5 Å². The van der Waals surface area contributed by atoms with E-state index in [-0.39, 0.29) is 11.0 Å². The Hall–Kier alpha value is -1.72. The third kappa shape index (κ3) is 1.95. The van der Waals surface area contributed by atoms with Gasteiger partial charge in [0.25, 0.3) is 0 Å². The van der Waals surface area contributed by atoms with Crippen LogP contribution in [0.25, 0.3) is 0 Å². The van der Waals surface area contributed by atoms with Crippen LogP contribution in [0, 0.1) is 0 Å². The van der Waals surface area contributed by atoms with E-state index in [0.29, 0.717) is 12.2 Å². The molecule has 1 N–H and O–H groups in total. The van der Waals surface area contributed by atoms with Crippen LogP contribution in [0.5, 0.6) is 0 Å². The first-order valence-corrected chi connectivity index (χ1v) is 6.09. The maximum absolute atomic E-state index is 12.1. The van der Waals surface area contributed by atoms with E-state index in [1.165, 1.54) is 6.07 Å². The minimum absolute atomic E-state index is 0.00383. The average Bonchev–Trinajstić information content (AvgIpc) is 2.65. The second-order valence-electron chi connectivity index (χ2n) is 5.05. The number of halogens is 3. The smallest absolute Gasteiger partial charge is 0.383 e. The summed E-state index contributed by atoms with van der Waals surface area (Å²) in [7, 11) is 0. The van der Waals surface area contributed by atoms with Crippen molar-refractivity contribution in [3.8, 4) is 0 Å². The average molecular weight is 271 g/mol. The van der Waals surface area contributed by atoms with Crippen LogP contribution in [-0.2, 0) is 10.2 Å². The monoisotopic (exact) mass is 271 g/mol. The Morgan fingerprint density at radius 2 is 2.05 bits per heavy atom. The fraction of sp³-hybridized carbons (Fsp3) is 0.462. The number of benzene rings is 1. The Labute approximate surface area is 107 Å². The standard InChI is InChI=1S/C13H12F3NO2/c14-13(15,16)19-11(18)8-3-1-4-9-10(8)17-7-12(9)5-2-6-12/h1,3-4,17H,2,5-7H2.